The van der Waals surface area contributed by atoms with Crippen LogP contribution in [0, 0.1) is 0 Å². The van der Waals surface area contributed by atoms with Gasteiger partial charge < -0.3 is 9.42 Å². The van der Waals surface area contributed by atoms with Crippen LogP contribution < -0.4 is 0 Å². The highest BCUT2D eigenvalue weighted by molar-refractivity contribution is 5.87. The number of rotatable bonds is 2. The Morgan fingerprint density at radius 3 is 3.20 bits per heavy atom. The van der Waals surface area contributed by atoms with E-state index in [1.165, 1.54) is 12.4 Å². The van der Waals surface area contributed by atoms with Crippen LogP contribution in [0.3, 0.4) is 0 Å². The van der Waals surface area contributed by atoms with Crippen molar-refractivity contribution in [2.45, 2.75) is 25.3 Å². The van der Waals surface area contributed by atoms with Crippen LogP contribution in [0.15, 0.2) is 23.5 Å². The summed E-state index contributed by atoms with van der Waals surface area (Å²) in [4.78, 5) is 17.3. The Hall–Kier alpha value is -1.65. The second-order valence-corrected chi connectivity index (χ2v) is 3.53. The van der Waals surface area contributed by atoms with Crippen LogP contribution in [-0.2, 0) is 4.79 Å². The van der Waals surface area contributed by atoms with Gasteiger partial charge in [-0.1, -0.05) is 11.7 Å². The zero-order valence-corrected chi connectivity index (χ0v) is 8.43. The quantitative estimate of drug-likeness (QED) is 0.686. The summed E-state index contributed by atoms with van der Waals surface area (Å²) in [7, 11) is 0. The summed E-state index contributed by atoms with van der Waals surface area (Å²) in [6.45, 7) is 4.23. The summed E-state index contributed by atoms with van der Waals surface area (Å²) < 4.78 is 5.01. The topological polar surface area (TPSA) is 59.2 Å². The fourth-order valence-corrected chi connectivity index (χ4v) is 1.90. The molecule has 1 aromatic heterocycles. The molecule has 1 fully saturated rings. The number of hydrogen-bond donors (Lipinski definition) is 0. The van der Waals surface area contributed by atoms with Crippen LogP contribution >= 0.6 is 0 Å². The number of amides is 1. The van der Waals surface area contributed by atoms with Crippen molar-refractivity contribution in [3.8, 4) is 0 Å². The van der Waals surface area contributed by atoms with Crippen molar-refractivity contribution < 1.29 is 9.32 Å². The smallest absolute Gasteiger partial charge is 0.249 e. The maximum absolute atomic E-state index is 11.6. The normalized spacial score (nSPS) is 21.3. The lowest BCUT2D eigenvalue weighted by Crippen LogP contribution is -2.37. The van der Waals surface area contributed by atoms with Gasteiger partial charge in [-0.05, 0) is 25.3 Å². The van der Waals surface area contributed by atoms with Gasteiger partial charge >= 0.3 is 0 Å². The monoisotopic (exact) mass is 207 g/mol. The Morgan fingerprint density at radius 1 is 1.67 bits per heavy atom. The zero-order chi connectivity index (χ0) is 10.7. The first kappa shape index (κ1) is 9.89. The van der Waals surface area contributed by atoms with E-state index in [9.17, 15) is 4.79 Å². The van der Waals surface area contributed by atoms with Crippen LogP contribution in [0.25, 0.3) is 0 Å². The molecule has 0 aliphatic carbocycles. The molecule has 5 nitrogen and oxygen atoms in total. The molecule has 15 heavy (non-hydrogen) atoms. The molecule has 0 bridgehead atoms. The molecule has 0 spiro atoms. The van der Waals surface area contributed by atoms with E-state index in [2.05, 4.69) is 16.7 Å². The molecule has 0 radical (unpaired) electrons. The third kappa shape index (κ3) is 1.91. The van der Waals surface area contributed by atoms with Crippen molar-refractivity contribution in [1.82, 2.24) is 15.0 Å². The van der Waals surface area contributed by atoms with E-state index in [1.807, 2.05) is 0 Å². The fraction of sp³-hybridized carbons (Fsp3) is 0.500. The van der Waals surface area contributed by atoms with Gasteiger partial charge in [0.15, 0.2) is 6.33 Å². The van der Waals surface area contributed by atoms with Crippen molar-refractivity contribution >= 4 is 5.91 Å². The Labute approximate surface area is 87.8 Å². The summed E-state index contributed by atoms with van der Waals surface area (Å²) in [5.74, 6) is 0.447. The predicted octanol–water partition coefficient (Wildman–Crippen LogP) is 1.31. The predicted molar refractivity (Wildman–Crippen MR) is 52.8 cm³/mol. The van der Waals surface area contributed by atoms with Gasteiger partial charge in [0.05, 0.1) is 0 Å². The molecule has 2 heterocycles. The SMILES string of the molecule is C=CC(=O)N1CCCCC1c1ncno1. The van der Waals surface area contributed by atoms with E-state index in [4.69, 9.17) is 4.52 Å². The van der Waals surface area contributed by atoms with E-state index in [-0.39, 0.29) is 11.9 Å². The summed E-state index contributed by atoms with van der Waals surface area (Å²) in [5, 5.41) is 3.57. The second-order valence-electron chi connectivity index (χ2n) is 3.53. The fourth-order valence-electron chi connectivity index (χ4n) is 1.90. The number of carbonyl (C=O) groups excluding carboxylic acids is 1. The molecular weight excluding hydrogens is 194 g/mol. The standard InChI is InChI=1S/C10H13N3O2/c1-2-9(14)13-6-4-3-5-8(13)10-11-7-12-15-10/h2,7-8H,1,3-6H2. The minimum absolute atomic E-state index is 0.0714. The number of hydrogen-bond acceptors (Lipinski definition) is 4. The number of aromatic nitrogens is 2. The molecule has 1 amide bonds. The molecule has 1 aliphatic heterocycles. The Kier molecular flexibility index (Phi) is 2.80. The molecule has 1 aliphatic rings. The minimum Gasteiger partial charge on any atom is -0.337 e. The first-order chi connectivity index (χ1) is 7.33. The summed E-state index contributed by atoms with van der Waals surface area (Å²) in [6.07, 6.45) is 5.66. The van der Waals surface area contributed by atoms with Crippen molar-refractivity contribution in [3.63, 3.8) is 0 Å². The van der Waals surface area contributed by atoms with Crippen LogP contribution in [-0.4, -0.2) is 27.5 Å². The lowest BCUT2D eigenvalue weighted by atomic mass is 10.0. The van der Waals surface area contributed by atoms with E-state index in [0.29, 0.717) is 5.89 Å². The van der Waals surface area contributed by atoms with Crippen LogP contribution in [0.1, 0.15) is 31.2 Å². The van der Waals surface area contributed by atoms with Crippen molar-refractivity contribution in [2.24, 2.45) is 0 Å². The molecule has 0 N–H and O–H groups in total. The average Bonchev–Trinajstić information content (AvgIpc) is 2.81. The Balaban J connectivity index is 2.20. The number of carbonyl (C=O) groups is 1. The third-order valence-electron chi connectivity index (χ3n) is 2.62. The average molecular weight is 207 g/mol. The molecule has 80 valence electrons. The van der Waals surface area contributed by atoms with Crippen LogP contribution in [0.4, 0.5) is 0 Å². The highest BCUT2D eigenvalue weighted by Gasteiger charge is 2.29. The summed E-state index contributed by atoms with van der Waals surface area (Å²) in [5.41, 5.74) is 0. The van der Waals surface area contributed by atoms with Crippen molar-refractivity contribution in [2.75, 3.05) is 6.54 Å². The van der Waals surface area contributed by atoms with Gasteiger partial charge in [-0.15, -0.1) is 0 Å². The van der Waals surface area contributed by atoms with Gasteiger partial charge in [0.1, 0.15) is 6.04 Å². The van der Waals surface area contributed by atoms with Gasteiger partial charge in [0.2, 0.25) is 11.8 Å². The zero-order valence-electron chi connectivity index (χ0n) is 8.43. The Morgan fingerprint density at radius 2 is 2.53 bits per heavy atom. The highest BCUT2D eigenvalue weighted by Crippen LogP contribution is 2.29. The number of nitrogens with zero attached hydrogens (tertiary/aromatic N) is 3. The van der Waals surface area contributed by atoms with Crippen LogP contribution in [0.2, 0.25) is 0 Å². The van der Waals surface area contributed by atoms with Crippen molar-refractivity contribution in [1.29, 1.82) is 0 Å². The van der Waals surface area contributed by atoms with Crippen LogP contribution in [0.5, 0.6) is 0 Å². The summed E-state index contributed by atoms with van der Waals surface area (Å²) in [6, 6.07) is -0.0771. The molecule has 2 rings (SSSR count). The maximum atomic E-state index is 11.6. The van der Waals surface area contributed by atoms with E-state index < -0.39 is 0 Å². The van der Waals surface area contributed by atoms with Crippen molar-refractivity contribution in [3.05, 3.63) is 24.9 Å². The number of piperidine rings is 1. The largest absolute Gasteiger partial charge is 0.337 e. The van der Waals surface area contributed by atoms with E-state index in [0.717, 1.165) is 25.8 Å². The molecule has 1 unspecified atom stereocenters. The highest BCUT2D eigenvalue weighted by atomic mass is 16.5. The first-order valence-corrected chi connectivity index (χ1v) is 5.02. The number of likely N-dealkylation sites (tertiary alicyclic amines) is 1. The van der Waals surface area contributed by atoms with E-state index in [1.54, 1.807) is 4.90 Å². The maximum Gasteiger partial charge on any atom is 0.249 e. The lowest BCUT2D eigenvalue weighted by molar-refractivity contribution is -0.130. The molecule has 1 atom stereocenters. The van der Waals surface area contributed by atoms with Gasteiger partial charge in [0, 0.05) is 6.54 Å². The first-order valence-electron chi connectivity index (χ1n) is 5.02. The molecule has 1 saturated heterocycles. The van der Waals surface area contributed by atoms with E-state index >= 15 is 0 Å². The van der Waals surface area contributed by atoms with Gasteiger partial charge in [-0.3, -0.25) is 4.79 Å². The van der Waals surface area contributed by atoms with Gasteiger partial charge in [-0.2, -0.15) is 4.98 Å². The second kappa shape index (κ2) is 4.25. The Bertz CT molecular complexity index is 348. The lowest BCUT2D eigenvalue weighted by Gasteiger charge is -2.32. The third-order valence-corrected chi connectivity index (χ3v) is 2.62. The van der Waals surface area contributed by atoms with Gasteiger partial charge in [0.25, 0.3) is 0 Å². The summed E-state index contributed by atoms with van der Waals surface area (Å²) >= 11 is 0. The molecular formula is C10H13N3O2. The molecule has 1 aromatic rings. The molecule has 5 heteroatoms. The molecule has 0 aromatic carbocycles. The minimum atomic E-state index is -0.0771. The van der Waals surface area contributed by atoms with Gasteiger partial charge in [-0.25, -0.2) is 0 Å². The molecule has 0 saturated carbocycles.